The first-order chi connectivity index (χ1) is 14.2. The molecule has 1 saturated heterocycles. The van der Waals surface area contributed by atoms with Gasteiger partial charge < -0.3 is 13.9 Å². The zero-order valence-electron chi connectivity index (χ0n) is 15.8. The summed E-state index contributed by atoms with van der Waals surface area (Å²) in [5.41, 5.74) is 2.57. The number of furan rings is 1. The summed E-state index contributed by atoms with van der Waals surface area (Å²) in [6, 6.07) is 18.2. The second-order valence-corrected chi connectivity index (χ2v) is 7.31. The Morgan fingerprint density at radius 3 is 2.55 bits per heavy atom. The summed E-state index contributed by atoms with van der Waals surface area (Å²) < 4.78 is 21.4. The van der Waals surface area contributed by atoms with Crippen LogP contribution >= 0.6 is 0 Å². The molecule has 146 valence electrons. The number of imidazole rings is 1. The molecule has 1 aliphatic rings. The highest BCUT2D eigenvalue weighted by Gasteiger charge is 2.28. The number of rotatable bonds is 3. The van der Waals surface area contributed by atoms with E-state index in [0.29, 0.717) is 18.8 Å². The average Bonchev–Trinajstić information content (AvgIpc) is 3.42. The van der Waals surface area contributed by atoms with Crippen molar-refractivity contribution in [2.45, 2.75) is 18.9 Å². The first-order valence-electron chi connectivity index (χ1n) is 9.76. The Balaban J connectivity index is 1.48. The van der Waals surface area contributed by atoms with Crippen LogP contribution in [0, 0.1) is 5.82 Å². The number of aromatic nitrogens is 2. The summed E-state index contributed by atoms with van der Waals surface area (Å²) in [6.07, 6.45) is 3.06. The molecule has 3 heterocycles. The van der Waals surface area contributed by atoms with Gasteiger partial charge in [0.1, 0.15) is 11.6 Å². The number of hydrogen-bond donors (Lipinski definition) is 0. The van der Waals surface area contributed by atoms with Crippen molar-refractivity contribution in [3.63, 3.8) is 0 Å². The second kappa shape index (κ2) is 7.20. The van der Waals surface area contributed by atoms with Gasteiger partial charge in [0, 0.05) is 24.7 Å². The van der Waals surface area contributed by atoms with Gasteiger partial charge in [-0.3, -0.25) is 4.79 Å². The molecule has 0 saturated carbocycles. The minimum atomic E-state index is -0.274. The quantitative estimate of drug-likeness (QED) is 0.500. The zero-order valence-corrected chi connectivity index (χ0v) is 15.8. The largest absolute Gasteiger partial charge is 0.459 e. The van der Waals surface area contributed by atoms with Gasteiger partial charge in [0.05, 0.1) is 17.3 Å². The Morgan fingerprint density at radius 1 is 1.03 bits per heavy atom. The van der Waals surface area contributed by atoms with Gasteiger partial charge in [0.2, 0.25) is 0 Å². The molecule has 2 aromatic carbocycles. The lowest BCUT2D eigenvalue weighted by atomic mass is 10.0. The van der Waals surface area contributed by atoms with Gasteiger partial charge in [0.25, 0.3) is 5.91 Å². The molecule has 0 aliphatic carbocycles. The maximum Gasteiger partial charge on any atom is 0.289 e. The first kappa shape index (κ1) is 17.7. The van der Waals surface area contributed by atoms with E-state index in [1.54, 1.807) is 24.3 Å². The number of halogens is 1. The molecule has 2 aromatic heterocycles. The molecule has 4 aromatic rings. The van der Waals surface area contributed by atoms with E-state index in [2.05, 4.69) is 4.57 Å². The highest BCUT2D eigenvalue weighted by atomic mass is 19.1. The number of likely N-dealkylation sites (tertiary alicyclic amines) is 1. The second-order valence-electron chi connectivity index (χ2n) is 7.31. The van der Waals surface area contributed by atoms with E-state index in [1.165, 1.54) is 12.3 Å². The first-order valence-corrected chi connectivity index (χ1v) is 9.76. The summed E-state index contributed by atoms with van der Waals surface area (Å²) in [6.45, 7) is 1.24. The van der Waals surface area contributed by atoms with Gasteiger partial charge in [0.15, 0.2) is 5.76 Å². The molecule has 0 radical (unpaired) electrons. The van der Waals surface area contributed by atoms with Gasteiger partial charge in [-0.2, -0.15) is 0 Å². The molecule has 6 heteroatoms. The smallest absolute Gasteiger partial charge is 0.289 e. The Labute approximate surface area is 167 Å². The van der Waals surface area contributed by atoms with Crippen LogP contribution in [0.5, 0.6) is 0 Å². The summed E-state index contributed by atoms with van der Waals surface area (Å²) in [5, 5.41) is 0. The number of hydrogen-bond acceptors (Lipinski definition) is 3. The Bertz CT molecular complexity index is 1140. The molecule has 5 rings (SSSR count). The maximum absolute atomic E-state index is 14.0. The third kappa shape index (κ3) is 3.20. The van der Waals surface area contributed by atoms with E-state index in [1.807, 2.05) is 35.2 Å². The van der Waals surface area contributed by atoms with Crippen LogP contribution in [-0.2, 0) is 0 Å². The third-order valence-electron chi connectivity index (χ3n) is 5.53. The van der Waals surface area contributed by atoms with E-state index in [9.17, 15) is 9.18 Å². The predicted molar refractivity (Wildman–Crippen MR) is 108 cm³/mol. The van der Waals surface area contributed by atoms with Crippen molar-refractivity contribution in [3.05, 3.63) is 78.5 Å². The summed E-state index contributed by atoms with van der Waals surface area (Å²) >= 11 is 0. The van der Waals surface area contributed by atoms with Crippen molar-refractivity contribution in [2.24, 2.45) is 0 Å². The van der Waals surface area contributed by atoms with Crippen molar-refractivity contribution in [3.8, 4) is 11.4 Å². The number of fused-ring (bicyclic) bond motifs is 1. The minimum absolute atomic E-state index is 0.0849. The molecule has 0 N–H and O–H groups in total. The molecule has 0 atom stereocenters. The number of piperidine rings is 1. The monoisotopic (exact) mass is 389 g/mol. The number of nitrogens with zero attached hydrogens (tertiary/aromatic N) is 3. The van der Waals surface area contributed by atoms with Crippen molar-refractivity contribution in [1.29, 1.82) is 0 Å². The zero-order chi connectivity index (χ0) is 19.8. The maximum atomic E-state index is 14.0. The van der Waals surface area contributed by atoms with E-state index in [0.717, 1.165) is 35.3 Å². The average molecular weight is 389 g/mol. The lowest BCUT2D eigenvalue weighted by Gasteiger charge is -2.33. The van der Waals surface area contributed by atoms with E-state index < -0.39 is 0 Å². The Kier molecular flexibility index (Phi) is 4.39. The molecule has 0 bridgehead atoms. The van der Waals surface area contributed by atoms with Crippen LogP contribution in [0.3, 0.4) is 0 Å². The van der Waals surface area contributed by atoms with Crippen LogP contribution in [0.25, 0.3) is 22.4 Å². The van der Waals surface area contributed by atoms with Crippen molar-refractivity contribution in [2.75, 3.05) is 13.1 Å². The van der Waals surface area contributed by atoms with Gasteiger partial charge in [-0.25, -0.2) is 9.37 Å². The van der Waals surface area contributed by atoms with Crippen LogP contribution in [0.2, 0.25) is 0 Å². The molecule has 1 fully saturated rings. The van der Waals surface area contributed by atoms with Crippen LogP contribution in [0.15, 0.2) is 71.3 Å². The molecular formula is C23H20FN3O2. The molecule has 5 nitrogen and oxygen atoms in total. The lowest BCUT2D eigenvalue weighted by Crippen LogP contribution is -2.39. The van der Waals surface area contributed by atoms with Gasteiger partial charge >= 0.3 is 0 Å². The number of benzene rings is 2. The summed E-state index contributed by atoms with van der Waals surface area (Å²) in [7, 11) is 0. The third-order valence-corrected chi connectivity index (χ3v) is 5.53. The number of carbonyl (C=O) groups excluding carboxylic acids is 1. The molecular weight excluding hydrogens is 369 g/mol. The molecule has 1 amide bonds. The van der Waals surface area contributed by atoms with Gasteiger partial charge in [-0.05, 0) is 43.2 Å². The SMILES string of the molecule is O=C(c1ccco1)N1CCC(n2c(-c3ccccc3)nc3ccc(F)cc32)CC1. The molecule has 1 aliphatic heterocycles. The molecule has 29 heavy (non-hydrogen) atoms. The summed E-state index contributed by atoms with van der Waals surface area (Å²) in [4.78, 5) is 19.2. The van der Waals surface area contributed by atoms with Crippen molar-refractivity contribution < 1.29 is 13.6 Å². The normalized spacial score (nSPS) is 15.1. The minimum Gasteiger partial charge on any atom is -0.459 e. The fourth-order valence-electron chi connectivity index (χ4n) is 4.11. The highest BCUT2D eigenvalue weighted by Crippen LogP contribution is 2.34. The van der Waals surface area contributed by atoms with Crippen LogP contribution in [0.4, 0.5) is 4.39 Å². The molecule has 0 spiro atoms. The Hall–Kier alpha value is -3.41. The Morgan fingerprint density at radius 2 is 1.83 bits per heavy atom. The summed E-state index contributed by atoms with van der Waals surface area (Å²) in [5.74, 6) is 0.840. The van der Waals surface area contributed by atoms with Crippen LogP contribution in [-0.4, -0.2) is 33.4 Å². The number of amides is 1. The van der Waals surface area contributed by atoms with Crippen LogP contribution < -0.4 is 0 Å². The van der Waals surface area contributed by atoms with Crippen molar-refractivity contribution >= 4 is 16.9 Å². The van der Waals surface area contributed by atoms with Crippen molar-refractivity contribution in [1.82, 2.24) is 14.5 Å². The fraction of sp³-hybridized carbons (Fsp3) is 0.217. The topological polar surface area (TPSA) is 51.3 Å². The lowest BCUT2D eigenvalue weighted by molar-refractivity contribution is 0.0664. The molecule has 0 unspecified atom stereocenters. The van der Waals surface area contributed by atoms with E-state index in [-0.39, 0.29) is 17.8 Å². The highest BCUT2D eigenvalue weighted by molar-refractivity contribution is 5.91. The van der Waals surface area contributed by atoms with E-state index >= 15 is 0 Å². The van der Waals surface area contributed by atoms with E-state index in [4.69, 9.17) is 9.40 Å². The van der Waals surface area contributed by atoms with Gasteiger partial charge in [-0.1, -0.05) is 30.3 Å². The van der Waals surface area contributed by atoms with Gasteiger partial charge in [-0.15, -0.1) is 0 Å². The number of carbonyl (C=O) groups is 1. The predicted octanol–water partition coefficient (Wildman–Crippen LogP) is 4.91. The van der Waals surface area contributed by atoms with Crippen LogP contribution in [0.1, 0.15) is 29.4 Å². The fourth-order valence-corrected chi connectivity index (χ4v) is 4.11. The standard InChI is InChI=1S/C23H20FN3O2/c24-17-8-9-19-20(15-17)27(22(25-19)16-5-2-1-3-6-16)18-10-12-26(13-11-18)23(28)21-7-4-14-29-21/h1-9,14-15,18H,10-13H2.